The normalized spacial score (nSPS) is 23.6. The predicted octanol–water partition coefficient (Wildman–Crippen LogP) is 1.73. The van der Waals surface area contributed by atoms with Gasteiger partial charge >= 0.3 is 5.97 Å². The van der Waals surface area contributed by atoms with E-state index in [1.807, 2.05) is 0 Å². The molecule has 92 valence electrons. The summed E-state index contributed by atoms with van der Waals surface area (Å²) in [6.45, 7) is 0. The number of carbonyl (C=O) groups excluding carboxylic acids is 1. The quantitative estimate of drug-likeness (QED) is 0.887. The summed E-state index contributed by atoms with van der Waals surface area (Å²) >= 11 is 4.60. The first kappa shape index (κ1) is 12.5. The standard InChI is InChI=1S/C10H10BrNO4S/c11-7-2-1-6(16-7)8(13)12-10(9(14)15)3-4-17-5-10/h1-2H,3-5H2,(H,12,13)(H,14,15)/t10-/m1/s1. The smallest absolute Gasteiger partial charge is 0.330 e. The number of furan rings is 1. The Bertz CT molecular complexity index is 453. The molecule has 1 saturated heterocycles. The Morgan fingerprint density at radius 2 is 2.29 bits per heavy atom. The average Bonchev–Trinajstić information content (AvgIpc) is 2.87. The molecule has 1 aromatic heterocycles. The highest BCUT2D eigenvalue weighted by Crippen LogP contribution is 2.28. The SMILES string of the molecule is O=C(N[C@]1(C(=O)O)CCSC1)c1ccc(Br)o1. The molecular weight excluding hydrogens is 310 g/mol. The average molecular weight is 320 g/mol. The van der Waals surface area contributed by atoms with E-state index in [0.29, 0.717) is 16.8 Å². The first-order chi connectivity index (χ1) is 8.03. The third kappa shape index (κ3) is 2.50. The molecular formula is C10H10BrNO4S. The van der Waals surface area contributed by atoms with Crippen molar-refractivity contribution in [2.45, 2.75) is 12.0 Å². The van der Waals surface area contributed by atoms with Crippen LogP contribution in [0.3, 0.4) is 0 Å². The molecule has 1 aromatic rings. The van der Waals surface area contributed by atoms with Crippen molar-refractivity contribution in [1.29, 1.82) is 0 Å². The van der Waals surface area contributed by atoms with Gasteiger partial charge in [0.15, 0.2) is 10.4 Å². The lowest BCUT2D eigenvalue weighted by Crippen LogP contribution is -2.54. The van der Waals surface area contributed by atoms with E-state index in [9.17, 15) is 14.7 Å². The Morgan fingerprint density at radius 3 is 2.76 bits per heavy atom. The summed E-state index contributed by atoms with van der Waals surface area (Å²) < 4.78 is 5.52. The van der Waals surface area contributed by atoms with Gasteiger partial charge in [-0.3, -0.25) is 4.79 Å². The van der Waals surface area contributed by atoms with Crippen molar-refractivity contribution in [3.05, 3.63) is 22.6 Å². The maximum atomic E-state index is 11.8. The molecule has 7 heteroatoms. The van der Waals surface area contributed by atoms with Crippen LogP contribution >= 0.6 is 27.7 Å². The lowest BCUT2D eigenvalue weighted by Gasteiger charge is -2.23. The van der Waals surface area contributed by atoms with Crippen molar-refractivity contribution in [3.8, 4) is 0 Å². The second kappa shape index (κ2) is 4.73. The molecule has 1 aliphatic rings. The summed E-state index contributed by atoms with van der Waals surface area (Å²) in [5, 5.41) is 11.7. The maximum Gasteiger partial charge on any atom is 0.330 e. The number of carboxylic acid groups (broad SMARTS) is 1. The molecule has 0 radical (unpaired) electrons. The zero-order valence-electron chi connectivity index (χ0n) is 8.73. The van der Waals surface area contributed by atoms with E-state index in [1.165, 1.54) is 17.8 Å². The van der Waals surface area contributed by atoms with Crippen LogP contribution in [0.4, 0.5) is 0 Å². The van der Waals surface area contributed by atoms with Gasteiger partial charge in [-0.1, -0.05) is 0 Å². The fourth-order valence-corrected chi connectivity index (χ4v) is 3.23. The fraction of sp³-hybridized carbons (Fsp3) is 0.400. The lowest BCUT2D eigenvalue weighted by molar-refractivity contribution is -0.143. The van der Waals surface area contributed by atoms with Crippen LogP contribution < -0.4 is 5.32 Å². The number of thioether (sulfide) groups is 1. The van der Waals surface area contributed by atoms with Gasteiger partial charge in [0.25, 0.3) is 5.91 Å². The number of carbonyl (C=O) groups is 2. The number of aliphatic carboxylic acids is 1. The Balaban J connectivity index is 2.14. The van der Waals surface area contributed by atoms with Crippen LogP contribution in [-0.4, -0.2) is 34.0 Å². The van der Waals surface area contributed by atoms with E-state index in [0.717, 1.165) is 5.75 Å². The van der Waals surface area contributed by atoms with Crippen molar-refractivity contribution in [1.82, 2.24) is 5.32 Å². The third-order valence-corrected chi connectivity index (χ3v) is 4.20. The van der Waals surface area contributed by atoms with Crippen molar-refractivity contribution >= 4 is 39.6 Å². The van der Waals surface area contributed by atoms with Gasteiger partial charge < -0.3 is 14.8 Å². The topological polar surface area (TPSA) is 79.5 Å². The van der Waals surface area contributed by atoms with E-state index < -0.39 is 17.4 Å². The van der Waals surface area contributed by atoms with Gasteiger partial charge in [-0.2, -0.15) is 11.8 Å². The minimum Gasteiger partial charge on any atom is -0.479 e. The van der Waals surface area contributed by atoms with Crippen LogP contribution in [-0.2, 0) is 4.79 Å². The number of halogens is 1. The number of nitrogens with one attached hydrogen (secondary N) is 1. The molecule has 1 fully saturated rings. The maximum absolute atomic E-state index is 11.8. The van der Waals surface area contributed by atoms with Gasteiger partial charge in [-0.15, -0.1) is 0 Å². The van der Waals surface area contributed by atoms with Gasteiger partial charge in [0.1, 0.15) is 5.54 Å². The van der Waals surface area contributed by atoms with Crippen LogP contribution in [0.2, 0.25) is 0 Å². The third-order valence-electron chi connectivity index (χ3n) is 2.58. The molecule has 1 aliphatic heterocycles. The summed E-state index contributed by atoms with van der Waals surface area (Å²) in [5.41, 5.74) is -1.17. The molecule has 17 heavy (non-hydrogen) atoms. The molecule has 0 bridgehead atoms. The second-order valence-corrected chi connectivity index (χ2v) is 5.63. The second-order valence-electron chi connectivity index (χ2n) is 3.75. The van der Waals surface area contributed by atoms with Crippen LogP contribution in [0.5, 0.6) is 0 Å². The van der Waals surface area contributed by atoms with Crippen LogP contribution in [0.15, 0.2) is 21.2 Å². The minimum atomic E-state index is -1.17. The highest BCUT2D eigenvalue weighted by Gasteiger charge is 2.43. The summed E-state index contributed by atoms with van der Waals surface area (Å²) in [7, 11) is 0. The molecule has 2 rings (SSSR count). The highest BCUT2D eigenvalue weighted by atomic mass is 79.9. The number of hydrogen-bond donors (Lipinski definition) is 2. The zero-order chi connectivity index (χ0) is 12.5. The van der Waals surface area contributed by atoms with Crippen LogP contribution in [0.25, 0.3) is 0 Å². The van der Waals surface area contributed by atoms with E-state index >= 15 is 0 Å². The Morgan fingerprint density at radius 1 is 1.53 bits per heavy atom. The molecule has 2 N–H and O–H groups in total. The number of rotatable bonds is 3. The van der Waals surface area contributed by atoms with Crippen molar-refractivity contribution < 1.29 is 19.1 Å². The van der Waals surface area contributed by atoms with Gasteiger partial charge in [0.2, 0.25) is 0 Å². The summed E-state index contributed by atoms with van der Waals surface area (Å²) in [4.78, 5) is 23.1. The first-order valence-electron chi connectivity index (χ1n) is 4.92. The molecule has 0 saturated carbocycles. The van der Waals surface area contributed by atoms with E-state index in [4.69, 9.17) is 4.42 Å². The van der Waals surface area contributed by atoms with Crippen molar-refractivity contribution in [3.63, 3.8) is 0 Å². The van der Waals surface area contributed by atoms with Gasteiger partial charge in [-0.25, -0.2) is 4.79 Å². The Kier molecular flexibility index (Phi) is 3.48. The van der Waals surface area contributed by atoms with Crippen molar-refractivity contribution in [2.24, 2.45) is 0 Å². The Hall–Kier alpha value is -0.950. The molecule has 1 amide bonds. The molecule has 0 aromatic carbocycles. The van der Waals surface area contributed by atoms with E-state index in [-0.39, 0.29) is 5.76 Å². The lowest BCUT2D eigenvalue weighted by atomic mass is 9.99. The highest BCUT2D eigenvalue weighted by molar-refractivity contribution is 9.10. The molecule has 0 unspecified atom stereocenters. The Labute approximate surface area is 110 Å². The molecule has 0 spiro atoms. The van der Waals surface area contributed by atoms with Crippen LogP contribution in [0, 0.1) is 0 Å². The number of hydrogen-bond acceptors (Lipinski definition) is 4. The van der Waals surface area contributed by atoms with Crippen LogP contribution in [0.1, 0.15) is 17.0 Å². The summed E-state index contributed by atoms with van der Waals surface area (Å²) in [5.74, 6) is -0.277. The minimum absolute atomic E-state index is 0.106. The molecule has 2 heterocycles. The first-order valence-corrected chi connectivity index (χ1v) is 6.87. The largest absolute Gasteiger partial charge is 0.479 e. The van der Waals surface area contributed by atoms with E-state index in [2.05, 4.69) is 21.2 Å². The van der Waals surface area contributed by atoms with E-state index in [1.54, 1.807) is 6.07 Å². The fourth-order valence-electron chi connectivity index (χ4n) is 1.60. The summed E-state index contributed by atoms with van der Waals surface area (Å²) in [6, 6.07) is 3.09. The van der Waals surface area contributed by atoms with Gasteiger partial charge in [-0.05, 0) is 40.2 Å². The number of carboxylic acids is 1. The summed E-state index contributed by atoms with van der Waals surface area (Å²) in [6.07, 6.45) is 0.431. The number of amides is 1. The molecule has 5 nitrogen and oxygen atoms in total. The van der Waals surface area contributed by atoms with Gasteiger partial charge in [0, 0.05) is 5.75 Å². The van der Waals surface area contributed by atoms with Gasteiger partial charge in [0.05, 0.1) is 0 Å². The zero-order valence-corrected chi connectivity index (χ0v) is 11.1. The monoisotopic (exact) mass is 319 g/mol. The molecule has 0 aliphatic carbocycles. The molecule has 1 atom stereocenters. The predicted molar refractivity (Wildman–Crippen MR) is 66.2 cm³/mol. The van der Waals surface area contributed by atoms with Crippen molar-refractivity contribution in [2.75, 3.05) is 11.5 Å².